The minimum Gasteiger partial charge on any atom is -0.494 e. The molecular weight excluding hydrogens is 250 g/mol. The van der Waals surface area contributed by atoms with E-state index in [-0.39, 0.29) is 0 Å². The fourth-order valence-corrected chi connectivity index (χ4v) is 2.95. The van der Waals surface area contributed by atoms with Crippen LogP contribution in [0.25, 0.3) is 0 Å². The molecule has 3 heteroatoms. The van der Waals surface area contributed by atoms with Gasteiger partial charge in [0, 0.05) is 19.6 Å². The topological polar surface area (TPSA) is 32.7 Å². The van der Waals surface area contributed by atoms with Gasteiger partial charge in [-0.3, -0.25) is 0 Å². The largest absolute Gasteiger partial charge is 0.494 e. The Morgan fingerprint density at radius 2 is 2.00 bits per heavy atom. The monoisotopic (exact) mass is 277 g/mol. The van der Waals surface area contributed by atoms with Crippen molar-refractivity contribution in [2.24, 2.45) is 5.92 Å². The molecule has 0 aromatic heterocycles. The van der Waals surface area contributed by atoms with Gasteiger partial charge in [-0.05, 0) is 43.4 Å². The standard InChI is InChI=1S/C17H27NO2/c1-4-20-16-7-5-6-15(12-16)17(19)8-10-18(11-9-17)13-14(2)3/h5-7,12,14,19H,4,8-11,13H2,1-3H3. The second kappa shape index (κ2) is 6.59. The van der Waals surface area contributed by atoms with Gasteiger partial charge in [-0.1, -0.05) is 26.0 Å². The van der Waals surface area contributed by atoms with E-state index in [0.717, 1.165) is 43.8 Å². The maximum absolute atomic E-state index is 10.9. The van der Waals surface area contributed by atoms with Crippen LogP contribution in [0.2, 0.25) is 0 Å². The van der Waals surface area contributed by atoms with E-state index in [1.165, 1.54) is 0 Å². The van der Waals surface area contributed by atoms with Gasteiger partial charge in [0.2, 0.25) is 0 Å². The molecule has 112 valence electrons. The summed E-state index contributed by atoms with van der Waals surface area (Å²) in [6.45, 7) is 10.2. The van der Waals surface area contributed by atoms with E-state index in [2.05, 4.69) is 18.7 Å². The van der Waals surface area contributed by atoms with Crippen LogP contribution in [0.4, 0.5) is 0 Å². The molecule has 2 rings (SSSR count). The van der Waals surface area contributed by atoms with E-state index in [4.69, 9.17) is 4.74 Å². The highest BCUT2D eigenvalue weighted by molar-refractivity contribution is 5.32. The summed E-state index contributed by atoms with van der Waals surface area (Å²) in [5, 5.41) is 10.9. The smallest absolute Gasteiger partial charge is 0.119 e. The predicted molar refractivity (Wildman–Crippen MR) is 82.0 cm³/mol. The van der Waals surface area contributed by atoms with Crippen molar-refractivity contribution in [3.05, 3.63) is 29.8 Å². The molecular formula is C17H27NO2. The molecule has 0 atom stereocenters. The van der Waals surface area contributed by atoms with Crippen molar-refractivity contribution < 1.29 is 9.84 Å². The van der Waals surface area contributed by atoms with Crippen molar-refractivity contribution in [2.75, 3.05) is 26.2 Å². The number of piperidine rings is 1. The Labute approximate surface area is 122 Å². The van der Waals surface area contributed by atoms with Crippen LogP contribution in [0.3, 0.4) is 0 Å². The zero-order valence-electron chi connectivity index (χ0n) is 12.9. The fraction of sp³-hybridized carbons (Fsp3) is 0.647. The first-order valence-electron chi connectivity index (χ1n) is 7.71. The maximum atomic E-state index is 10.9. The summed E-state index contributed by atoms with van der Waals surface area (Å²) in [6.07, 6.45) is 1.60. The van der Waals surface area contributed by atoms with E-state index in [1.807, 2.05) is 31.2 Å². The number of benzene rings is 1. The molecule has 1 heterocycles. The van der Waals surface area contributed by atoms with Crippen molar-refractivity contribution >= 4 is 0 Å². The third kappa shape index (κ3) is 3.74. The first-order valence-corrected chi connectivity index (χ1v) is 7.71. The molecule has 1 N–H and O–H groups in total. The van der Waals surface area contributed by atoms with Gasteiger partial charge < -0.3 is 14.7 Å². The number of hydrogen-bond acceptors (Lipinski definition) is 3. The lowest BCUT2D eigenvalue weighted by molar-refractivity contribution is -0.0281. The first-order chi connectivity index (χ1) is 9.53. The molecule has 1 aliphatic heterocycles. The fourth-order valence-electron chi connectivity index (χ4n) is 2.95. The van der Waals surface area contributed by atoms with Gasteiger partial charge in [0.1, 0.15) is 5.75 Å². The number of likely N-dealkylation sites (tertiary alicyclic amines) is 1. The highest BCUT2D eigenvalue weighted by Crippen LogP contribution is 2.34. The van der Waals surface area contributed by atoms with Gasteiger partial charge in [-0.25, -0.2) is 0 Å². The van der Waals surface area contributed by atoms with E-state index in [9.17, 15) is 5.11 Å². The third-order valence-corrected chi connectivity index (χ3v) is 3.99. The lowest BCUT2D eigenvalue weighted by atomic mass is 9.84. The van der Waals surface area contributed by atoms with Crippen molar-refractivity contribution in [1.82, 2.24) is 4.90 Å². The summed E-state index contributed by atoms with van der Waals surface area (Å²) in [7, 11) is 0. The molecule has 0 saturated carbocycles. The van der Waals surface area contributed by atoms with Crippen LogP contribution in [-0.4, -0.2) is 36.2 Å². The van der Waals surface area contributed by atoms with Crippen LogP contribution in [0.15, 0.2) is 24.3 Å². The normalized spacial score (nSPS) is 19.2. The summed E-state index contributed by atoms with van der Waals surface area (Å²) in [4.78, 5) is 2.45. The number of nitrogens with zero attached hydrogens (tertiary/aromatic N) is 1. The molecule has 1 aromatic rings. The number of aliphatic hydroxyl groups is 1. The summed E-state index contributed by atoms with van der Waals surface area (Å²) >= 11 is 0. The average molecular weight is 277 g/mol. The predicted octanol–water partition coefficient (Wildman–Crippen LogP) is 3.02. The second-order valence-electron chi connectivity index (χ2n) is 6.19. The quantitative estimate of drug-likeness (QED) is 0.898. The molecule has 20 heavy (non-hydrogen) atoms. The molecule has 0 aliphatic carbocycles. The Bertz CT molecular complexity index is 423. The van der Waals surface area contributed by atoms with Crippen molar-refractivity contribution in [3.63, 3.8) is 0 Å². The maximum Gasteiger partial charge on any atom is 0.119 e. The van der Waals surface area contributed by atoms with E-state index in [0.29, 0.717) is 12.5 Å². The van der Waals surface area contributed by atoms with Gasteiger partial charge >= 0.3 is 0 Å². The van der Waals surface area contributed by atoms with Gasteiger partial charge in [0.05, 0.1) is 12.2 Å². The SMILES string of the molecule is CCOc1cccc(C2(O)CCN(CC(C)C)CC2)c1. The Morgan fingerprint density at radius 1 is 1.30 bits per heavy atom. The zero-order valence-corrected chi connectivity index (χ0v) is 12.9. The van der Waals surface area contributed by atoms with Gasteiger partial charge in [0.25, 0.3) is 0 Å². The lowest BCUT2D eigenvalue weighted by Crippen LogP contribution is -2.43. The first kappa shape index (κ1) is 15.3. The summed E-state index contributed by atoms with van der Waals surface area (Å²) in [5.41, 5.74) is 0.299. The van der Waals surface area contributed by atoms with Crippen LogP contribution in [-0.2, 0) is 5.60 Å². The molecule has 1 fully saturated rings. The van der Waals surface area contributed by atoms with Crippen LogP contribution >= 0.6 is 0 Å². The lowest BCUT2D eigenvalue weighted by Gasteiger charge is -2.39. The van der Waals surface area contributed by atoms with Crippen LogP contribution < -0.4 is 4.74 Å². The Kier molecular flexibility index (Phi) is 5.06. The molecule has 0 radical (unpaired) electrons. The second-order valence-corrected chi connectivity index (χ2v) is 6.19. The minimum atomic E-state index is -0.694. The summed E-state index contributed by atoms with van der Waals surface area (Å²) in [5.74, 6) is 1.53. The molecule has 0 spiro atoms. The molecule has 1 aromatic carbocycles. The molecule has 0 bridgehead atoms. The highest BCUT2D eigenvalue weighted by Gasteiger charge is 2.34. The Balaban J connectivity index is 2.03. The van der Waals surface area contributed by atoms with Crippen LogP contribution in [0.1, 0.15) is 39.2 Å². The minimum absolute atomic E-state index is 0.657. The number of ether oxygens (including phenoxy) is 1. The van der Waals surface area contributed by atoms with Crippen LogP contribution in [0.5, 0.6) is 5.75 Å². The van der Waals surface area contributed by atoms with Crippen molar-refractivity contribution in [3.8, 4) is 5.75 Å². The van der Waals surface area contributed by atoms with Gasteiger partial charge in [-0.15, -0.1) is 0 Å². The summed E-state index contributed by atoms with van der Waals surface area (Å²) < 4.78 is 5.53. The van der Waals surface area contributed by atoms with E-state index >= 15 is 0 Å². The van der Waals surface area contributed by atoms with Crippen molar-refractivity contribution in [2.45, 2.75) is 39.2 Å². The highest BCUT2D eigenvalue weighted by atomic mass is 16.5. The van der Waals surface area contributed by atoms with Crippen LogP contribution in [0, 0.1) is 5.92 Å². The average Bonchev–Trinajstić information content (AvgIpc) is 2.42. The number of hydrogen-bond donors (Lipinski definition) is 1. The van der Waals surface area contributed by atoms with E-state index < -0.39 is 5.60 Å². The summed E-state index contributed by atoms with van der Waals surface area (Å²) in [6, 6.07) is 7.92. The molecule has 0 unspecified atom stereocenters. The van der Waals surface area contributed by atoms with Gasteiger partial charge in [0.15, 0.2) is 0 Å². The Morgan fingerprint density at radius 3 is 2.60 bits per heavy atom. The zero-order chi connectivity index (χ0) is 14.6. The molecule has 1 aliphatic rings. The number of rotatable bonds is 5. The molecule has 0 amide bonds. The third-order valence-electron chi connectivity index (χ3n) is 3.99. The van der Waals surface area contributed by atoms with Crippen molar-refractivity contribution in [1.29, 1.82) is 0 Å². The Hall–Kier alpha value is -1.06. The van der Waals surface area contributed by atoms with E-state index in [1.54, 1.807) is 0 Å². The van der Waals surface area contributed by atoms with Gasteiger partial charge in [-0.2, -0.15) is 0 Å². The molecule has 3 nitrogen and oxygen atoms in total. The molecule has 1 saturated heterocycles.